The number of Topliss-reactive ketones (excluding diaryl/α,β-unsaturated/α-hetero) is 1. The van der Waals surface area contributed by atoms with Crippen LogP contribution in [0.3, 0.4) is 0 Å². The Hall–Kier alpha value is -3.60. The molecule has 0 aliphatic heterocycles. The molecule has 3 aromatic carbocycles. The second-order valence-electron chi connectivity index (χ2n) is 6.56. The van der Waals surface area contributed by atoms with Crippen molar-refractivity contribution in [2.75, 3.05) is 0 Å². The molecule has 0 aromatic heterocycles. The molecule has 0 saturated heterocycles. The maximum absolute atomic E-state index is 12.4. The highest BCUT2D eigenvalue weighted by molar-refractivity contribution is 5.97. The molecule has 2 N–H and O–H groups in total. The first-order valence-electron chi connectivity index (χ1n) is 8.79. The minimum atomic E-state index is -0.743. The maximum Gasteiger partial charge on any atom is 0.342 e. The van der Waals surface area contributed by atoms with Gasteiger partial charge in [-0.25, -0.2) is 4.79 Å². The molecule has 0 unspecified atom stereocenters. The Morgan fingerprint density at radius 3 is 2.18 bits per heavy atom. The van der Waals surface area contributed by atoms with E-state index in [1.165, 1.54) is 12.1 Å². The van der Waals surface area contributed by atoms with Crippen molar-refractivity contribution in [1.82, 2.24) is 0 Å². The Kier molecular flexibility index (Phi) is 5.75. The normalized spacial score (nSPS) is 10.5. The van der Waals surface area contributed by atoms with Crippen LogP contribution in [0.5, 0.6) is 11.5 Å². The van der Waals surface area contributed by atoms with Crippen LogP contribution in [0.15, 0.2) is 66.7 Å². The molecule has 142 valence electrons. The second kappa shape index (κ2) is 8.39. The van der Waals surface area contributed by atoms with Crippen LogP contribution in [0, 0.1) is 6.92 Å². The summed E-state index contributed by atoms with van der Waals surface area (Å²) in [6, 6.07) is 18.3. The predicted octanol–water partition coefficient (Wildman–Crippen LogP) is 4.19. The summed E-state index contributed by atoms with van der Waals surface area (Å²) in [4.78, 5) is 24.4. The van der Waals surface area contributed by atoms with E-state index in [9.17, 15) is 19.8 Å². The number of rotatable bonds is 6. The van der Waals surface area contributed by atoms with E-state index >= 15 is 0 Å². The van der Waals surface area contributed by atoms with Gasteiger partial charge in [0.05, 0.1) is 0 Å². The second-order valence-corrected chi connectivity index (χ2v) is 6.56. The smallest absolute Gasteiger partial charge is 0.342 e. The summed E-state index contributed by atoms with van der Waals surface area (Å²) in [5.41, 5.74) is 3.29. The molecular formula is C23H20O5. The number of hydrogen-bond acceptors (Lipinski definition) is 5. The molecule has 0 heterocycles. The van der Waals surface area contributed by atoms with E-state index < -0.39 is 5.97 Å². The summed E-state index contributed by atoms with van der Waals surface area (Å²) in [7, 11) is 0. The minimum absolute atomic E-state index is 0.0112. The van der Waals surface area contributed by atoms with E-state index in [1.807, 2.05) is 31.2 Å². The molecule has 0 spiro atoms. The number of phenols is 2. The van der Waals surface area contributed by atoms with Gasteiger partial charge >= 0.3 is 5.97 Å². The Morgan fingerprint density at radius 2 is 1.50 bits per heavy atom. The topological polar surface area (TPSA) is 83.8 Å². The van der Waals surface area contributed by atoms with Gasteiger partial charge in [0.15, 0.2) is 5.78 Å². The van der Waals surface area contributed by atoms with Crippen LogP contribution < -0.4 is 0 Å². The lowest BCUT2D eigenvalue weighted by atomic mass is 10.0. The van der Waals surface area contributed by atoms with Gasteiger partial charge in [0.1, 0.15) is 23.7 Å². The fraction of sp³-hybridized carbons (Fsp3) is 0.130. The fourth-order valence-electron chi connectivity index (χ4n) is 2.69. The number of ketones is 1. The van der Waals surface area contributed by atoms with Crippen molar-refractivity contribution < 1.29 is 24.5 Å². The lowest BCUT2D eigenvalue weighted by Crippen LogP contribution is -2.06. The number of carbonyl (C=O) groups excluding carboxylic acids is 2. The average molecular weight is 376 g/mol. The van der Waals surface area contributed by atoms with Crippen molar-refractivity contribution in [1.29, 1.82) is 0 Å². The molecule has 0 bridgehead atoms. The standard InChI is InChI=1S/C23H20O5/c1-15-2-4-16(5-3-15)12-22(26)18-8-6-17(7-9-18)14-28-23(27)20-13-19(24)10-11-21(20)25/h2-11,13,24-25H,12,14H2,1H3. The SMILES string of the molecule is Cc1ccc(CC(=O)c2ccc(COC(=O)c3cc(O)ccc3O)cc2)cc1. The molecule has 0 aliphatic rings. The largest absolute Gasteiger partial charge is 0.508 e. The average Bonchev–Trinajstić information content (AvgIpc) is 2.70. The highest BCUT2D eigenvalue weighted by atomic mass is 16.5. The number of aryl methyl sites for hydroxylation is 1. The third kappa shape index (κ3) is 4.76. The van der Waals surface area contributed by atoms with Crippen molar-refractivity contribution in [3.8, 4) is 11.5 Å². The van der Waals surface area contributed by atoms with E-state index in [4.69, 9.17) is 4.74 Å². The van der Waals surface area contributed by atoms with Crippen molar-refractivity contribution in [3.05, 3.63) is 94.5 Å². The number of benzene rings is 3. The number of ether oxygens (including phenoxy) is 1. The van der Waals surface area contributed by atoms with Crippen molar-refractivity contribution in [2.45, 2.75) is 20.0 Å². The quantitative estimate of drug-likeness (QED) is 0.383. The van der Waals surface area contributed by atoms with E-state index in [-0.39, 0.29) is 29.5 Å². The Bertz CT molecular complexity index is 989. The van der Waals surface area contributed by atoms with Crippen LogP contribution >= 0.6 is 0 Å². The highest BCUT2D eigenvalue weighted by Gasteiger charge is 2.14. The van der Waals surface area contributed by atoms with E-state index in [2.05, 4.69) is 0 Å². The van der Waals surface area contributed by atoms with E-state index in [1.54, 1.807) is 24.3 Å². The van der Waals surface area contributed by atoms with Crippen LogP contribution in [0.25, 0.3) is 0 Å². The third-order valence-corrected chi connectivity index (χ3v) is 4.33. The van der Waals surface area contributed by atoms with E-state index in [0.717, 1.165) is 17.2 Å². The van der Waals surface area contributed by atoms with Gasteiger partial charge in [-0.15, -0.1) is 0 Å². The van der Waals surface area contributed by atoms with Crippen LogP contribution in [0.2, 0.25) is 0 Å². The molecule has 3 aromatic rings. The number of aromatic hydroxyl groups is 2. The van der Waals surface area contributed by atoms with Crippen molar-refractivity contribution >= 4 is 11.8 Å². The number of esters is 1. The van der Waals surface area contributed by atoms with Crippen LogP contribution in [0.4, 0.5) is 0 Å². The van der Waals surface area contributed by atoms with Gasteiger partial charge in [0, 0.05) is 12.0 Å². The third-order valence-electron chi connectivity index (χ3n) is 4.33. The van der Waals surface area contributed by atoms with Gasteiger partial charge in [-0.1, -0.05) is 54.1 Å². The summed E-state index contributed by atoms with van der Waals surface area (Å²) in [6.45, 7) is 1.99. The van der Waals surface area contributed by atoms with E-state index in [0.29, 0.717) is 17.5 Å². The zero-order chi connectivity index (χ0) is 20.1. The maximum atomic E-state index is 12.4. The molecule has 0 radical (unpaired) electrons. The van der Waals surface area contributed by atoms with Crippen LogP contribution in [-0.4, -0.2) is 22.0 Å². The fourth-order valence-corrected chi connectivity index (χ4v) is 2.69. The monoisotopic (exact) mass is 376 g/mol. The molecule has 0 amide bonds. The predicted molar refractivity (Wildman–Crippen MR) is 105 cm³/mol. The van der Waals surface area contributed by atoms with Crippen LogP contribution in [0.1, 0.15) is 37.4 Å². The molecule has 0 fully saturated rings. The first kappa shape index (κ1) is 19.2. The lowest BCUT2D eigenvalue weighted by molar-refractivity contribution is 0.0468. The van der Waals surface area contributed by atoms with Crippen molar-refractivity contribution in [3.63, 3.8) is 0 Å². The number of hydrogen-bond donors (Lipinski definition) is 2. The molecular weight excluding hydrogens is 356 g/mol. The van der Waals surface area contributed by atoms with Gasteiger partial charge in [0.2, 0.25) is 0 Å². The van der Waals surface area contributed by atoms with Crippen molar-refractivity contribution in [2.24, 2.45) is 0 Å². The summed E-state index contributed by atoms with van der Waals surface area (Å²) in [5, 5.41) is 19.1. The summed E-state index contributed by atoms with van der Waals surface area (Å²) in [6.07, 6.45) is 0.325. The van der Waals surface area contributed by atoms with Gasteiger partial charge in [-0.05, 0) is 36.2 Å². The summed E-state index contributed by atoms with van der Waals surface area (Å²) in [5.74, 6) is -1.13. The molecule has 0 saturated carbocycles. The Balaban J connectivity index is 1.59. The molecule has 28 heavy (non-hydrogen) atoms. The van der Waals surface area contributed by atoms with Gasteiger partial charge in [0.25, 0.3) is 0 Å². The summed E-state index contributed by atoms with van der Waals surface area (Å²) < 4.78 is 5.16. The number of carbonyl (C=O) groups is 2. The highest BCUT2D eigenvalue weighted by Crippen LogP contribution is 2.23. The van der Waals surface area contributed by atoms with Gasteiger partial charge in [-0.2, -0.15) is 0 Å². The first-order chi connectivity index (χ1) is 13.4. The zero-order valence-corrected chi connectivity index (χ0v) is 15.4. The molecule has 0 atom stereocenters. The summed E-state index contributed by atoms with van der Waals surface area (Å²) >= 11 is 0. The Morgan fingerprint density at radius 1 is 0.857 bits per heavy atom. The molecule has 0 aliphatic carbocycles. The number of phenolic OH excluding ortho intramolecular Hbond substituents is 2. The van der Waals surface area contributed by atoms with Gasteiger partial charge < -0.3 is 14.9 Å². The first-order valence-corrected chi connectivity index (χ1v) is 8.79. The lowest BCUT2D eigenvalue weighted by Gasteiger charge is -2.08. The van der Waals surface area contributed by atoms with Crippen LogP contribution in [-0.2, 0) is 17.8 Å². The molecule has 5 nitrogen and oxygen atoms in total. The minimum Gasteiger partial charge on any atom is -0.508 e. The Labute approximate surface area is 162 Å². The van der Waals surface area contributed by atoms with Gasteiger partial charge in [-0.3, -0.25) is 4.79 Å². The molecule has 3 rings (SSSR count). The zero-order valence-electron chi connectivity index (χ0n) is 15.4. The molecule has 5 heteroatoms.